The van der Waals surface area contributed by atoms with Crippen LogP contribution in [-0.4, -0.2) is 46.0 Å². The number of rotatable bonds is 3. The average Bonchev–Trinajstić information content (AvgIpc) is 2.45. The van der Waals surface area contributed by atoms with E-state index in [1.165, 1.54) is 0 Å². The molecule has 0 aliphatic carbocycles. The van der Waals surface area contributed by atoms with Gasteiger partial charge in [0.2, 0.25) is 0 Å². The SMILES string of the molecule is Cc1cc(C(=O)N2CCSCC2C)ccc1/C=C/C(=O)O. The zero-order chi connectivity index (χ0) is 15.4. The first-order valence-corrected chi connectivity index (χ1v) is 8.05. The molecule has 0 bridgehead atoms. The van der Waals surface area contributed by atoms with Gasteiger partial charge in [-0.2, -0.15) is 11.8 Å². The third kappa shape index (κ3) is 3.88. The number of carbonyl (C=O) groups is 2. The van der Waals surface area contributed by atoms with E-state index in [4.69, 9.17) is 5.11 Å². The van der Waals surface area contributed by atoms with E-state index in [2.05, 4.69) is 6.92 Å². The molecule has 1 aromatic carbocycles. The van der Waals surface area contributed by atoms with Crippen LogP contribution < -0.4 is 0 Å². The van der Waals surface area contributed by atoms with Gasteiger partial charge in [-0.05, 0) is 43.2 Å². The second-order valence-electron chi connectivity index (χ2n) is 5.17. The van der Waals surface area contributed by atoms with E-state index in [0.717, 1.165) is 35.3 Å². The van der Waals surface area contributed by atoms with Gasteiger partial charge in [0.1, 0.15) is 0 Å². The van der Waals surface area contributed by atoms with Crippen LogP contribution in [0, 0.1) is 6.92 Å². The van der Waals surface area contributed by atoms with Gasteiger partial charge in [0.05, 0.1) is 0 Å². The largest absolute Gasteiger partial charge is 0.478 e. The number of carboxylic acid groups (broad SMARTS) is 1. The molecule has 1 atom stereocenters. The molecule has 21 heavy (non-hydrogen) atoms. The summed E-state index contributed by atoms with van der Waals surface area (Å²) in [7, 11) is 0. The lowest BCUT2D eigenvalue weighted by molar-refractivity contribution is -0.131. The molecular weight excluding hydrogens is 286 g/mol. The molecule has 1 heterocycles. The Bertz CT molecular complexity index is 583. The minimum absolute atomic E-state index is 0.0552. The maximum absolute atomic E-state index is 12.5. The van der Waals surface area contributed by atoms with Crippen LogP contribution in [-0.2, 0) is 4.79 Å². The predicted molar refractivity (Wildman–Crippen MR) is 85.7 cm³/mol. The highest BCUT2D eigenvalue weighted by Crippen LogP contribution is 2.20. The lowest BCUT2D eigenvalue weighted by atomic mass is 10.0. The summed E-state index contributed by atoms with van der Waals surface area (Å²) in [6.07, 6.45) is 2.65. The van der Waals surface area contributed by atoms with Gasteiger partial charge in [0.25, 0.3) is 5.91 Å². The Kier molecular flexibility index (Phi) is 5.07. The summed E-state index contributed by atoms with van der Waals surface area (Å²) in [5.41, 5.74) is 2.38. The summed E-state index contributed by atoms with van der Waals surface area (Å²) in [5, 5.41) is 8.66. The first-order chi connectivity index (χ1) is 9.99. The van der Waals surface area contributed by atoms with Crippen molar-refractivity contribution >= 4 is 29.7 Å². The average molecular weight is 305 g/mol. The van der Waals surface area contributed by atoms with E-state index in [1.54, 1.807) is 18.2 Å². The fraction of sp³-hybridized carbons (Fsp3) is 0.375. The number of thioether (sulfide) groups is 1. The van der Waals surface area contributed by atoms with Crippen LogP contribution in [0.5, 0.6) is 0 Å². The Labute approximate surface area is 128 Å². The van der Waals surface area contributed by atoms with Crippen molar-refractivity contribution in [3.63, 3.8) is 0 Å². The summed E-state index contributed by atoms with van der Waals surface area (Å²) >= 11 is 1.88. The fourth-order valence-electron chi connectivity index (χ4n) is 2.35. The standard InChI is InChI=1S/C16H19NO3S/c1-11-9-14(4-3-13(11)5-6-15(18)19)16(20)17-7-8-21-10-12(17)2/h3-6,9,12H,7-8,10H2,1-2H3,(H,18,19)/b6-5+. The monoisotopic (exact) mass is 305 g/mol. The van der Waals surface area contributed by atoms with Crippen LogP contribution in [0.1, 0.15) is 28.4 Å². The van der Waals surface area contributed by atoms with Crippen molar-refractivity contribution in [3.8, 4) is 0 Å². The van der Waals surface area contributed by atoms with Crippen LogP contribution >= 0.6 is 11.8 Å². The van der Waals surface area contributed by atoms with Crippen LogP contribution in [0.4, 0.5) is 0 Å². The molecular formula is C16H19NO3S. The molecule has 0 spiro atoms. The first kappa shape index (κ1) is 15.6. The van der Waals surface area contributed by atoms with Gasteiger partial charge >= 0.3 is 5.97 Å². The number of hydrogen-bond donors (Lipinski definition) is 1. The van der Waals surface area contributed by atoms with Gasteiger partial charge < -0.3 is 10.0 Å². The topological polar surface area (TPSA) is 57.6 Å². The molecule has 1 fully saturated rings. The molecule has 0 radical (unpaired) electrons. The number of carboxylic acids is 1. The number of aliphatic carboxylic acids is 1. The highest BCUT2D eigenvalue weighted by Gasteiger charge is 2.24. The van der Waals surface area contributed by atoms with E-state index in [-0.39, 0.29) is 11.9 Å². The normalized spacial score (nSPS) is 19.0. The molecule has 1 aliphatic heterocycles. The summed E-state index contributed by atoms with van der Waals surface area (Å²) in [6.45, 7) is 4.74. The molecule has 5 heteroatoms. The van der Waals surface area contributed by atoms with Crippen molar-refractivity contribution in [2.45, 2.75) is 19.9 Å². The highest BCUT2D eigenvalue weighted by atomic mass is 32.2. The first-order valence-electron chi connectivity index (χ1n) is 6.89. The van der Waals surface area contributed by atoms with Gasteiger partial charge in [0, 0.05) is 35.7 Å². The summed E-state index contributed by atoms with van der Waals surface area (Å²) in [6, 6.07) is 5.65. The summed E-state index contributed by atoms with van der Waals surface area (Å²) in [5.74, 6) is 1.03. The molecule has 1 aromatic rings. The Morgan fingerprint density at radius 3 is 2.81 bits per heavy atom. The number of aryl methyl sites for hydroxylation is 1. The minimum Gasteiger partial charge on any atom is -0.478 e. The van der Waals surface area contributed by atoms with E-state index >= 15 is 0 Å². The molecule has 1 amide bonds. The van der Waals surface area contributed by atoms with Crippen molar-refractivity contribution in [1.82, 2.24) is 4.90 Å². The maximum atomic E-state index is 12.5. The third-order valence-electron chi connectivity index (χ3n) is 3.55. The van der Waals surface area contributed by atoms with Gasteiger partial charge in [0.15, 0.2) is 0 Å². The molecule has 0 saturated carbocycles. The summed E-state index contributed by atoms with van der Waals surface area (Å²) in [4.78, 5) is 25.0. The van der Waals surface area contributed by atoms with E-state index in [0.29, 0.717) is 5.56 Å². The number of nitrogens with zero attached hydrogens (tertiary/aromatic N) is 1. The lowest BCUT2D eigenvalue weighted by Gasteiger charge is -2.33. The molecule has 4 nitrogen and oxygen atoms in total. The van der Waals surface area contributed by atoms with Gasteiger partial charge in [-0.25, -0.2) is 4.79 Å². The van der Waals surface area contributed by atoms with E-state index in [9.17, 15) is 9.59 Å². The van der Waals surface area contributed by atoms with Crippen molar-refractivity contribution in [2.24, 2.45) is 0 Å². The van der Waals surface area contributed by atoms with E-state index in [1.807, 2.05) is 29.7 Å². The van der Waals surface area contributed by atoms with Crippen molar-refractivity contribution in [3.05, 3.63) is 41.0 Å². The lowest BCUT2D eigenvalue weighted by Crippen LogP contribution is -2.44. The van der Waals surface area contributed by atoms with Crippen molar-refractivity contribution in [1.29, 1.82) is 0 Å². The predicted octanol–water partition coefficient (Wildman–Crippen LogP) is 2.67. The maximum Gasteiger partial charge on any atom is 0.328 e. The highest BCUT2D eigenvalue weighted by molar-refractivity contribution is 7.99. The number of carbonyl (C=O) groups excluding carboxylic acids is 1. The molecule has 112 valence electrons. The minimum atomic E-state index is -0.978. The molecule has 1 saturated heterocycles. The molecule has 1 N–H and O–H groups in total. The number of benzene rings is 1. The Morgan fingerprint density at radius 1 is 1.43 bits per heavy atom. The third-order valence-corrected chi connectivity index (χ3v) is 4.74. The summed E-state index contributed by atoms with van der Waals surface area (Å²) < 4.78 is 0. The molecule has 1 unspecified atom stereocenters. The van der Waals surface area contributed by atoms with Gasteiger partial charge in [-0.1, -0.05) is 6.07 Å². The fourth-order valence-corrected chi connectivity index (χ4v) is 3.36. The smallest absolute Gasteiger partial charge is 0.328 e. The van der Waals surface area contributed by atoms with Gasteiger partial charge in [-0.3, -0.25) is 4.79 Å². The second kappa shape index (κ2) is 6.80. The van der Waals surface area contributed by atoms with Crippen LogP contribution in [0.3, 0.4) is 0 Å². The van der Waals surface area contributed by atoms with Crippen LogP contribution in [0.25, 0.3) is 6.08 Å². The Hall–Kier alpha value is -1.75. The molecule has 2 rings (SSSR count). The molecule has 1 aliphatic rings. The number of hydrogen-bond acceptors (Lipinski definition) is 3. The Balaban J connectivity index is 2.19. The van der Waals surface area contributed by atoms with Crippen LogP contribution in [0.15, 0.2) is 24.3 Å². The van der Waals surface area contributed by atoms with E-state index < -0.39 is 5.97 Å². The quantitative estimate of drug-likeness (QED) is 0.872. The molecule has 0 aromatic heterocycles. The van der Waals surface area contributed by atoms with Gasteiger partial charge in [-0.15, -0.1) is 0 Å². The second-order valence-corrected chi connectivity index (χ2v) is 6.32. The van der Waals surface area contributed by atoms with Crippen molar-refractivity contribution < 1.29 is 14.7 Å². The zero-order valence-electron chi connectivity index (χ0n) is 12.2. The Morgan fingerprint density at radius 2 is 2.19 bits per heavy atom. The van der Waals surface area contributed by atoms with Crippen molar-refractivity contribution in [2.75, 3.05) is 18.1 Å². The van der Waals surface area contributed by atoms with Crippen LogP contribution in [0.2, 0.25) is 0 Å². The zero-order valence-corrected chi connectivity index (χ0v) is 13.0. The number of amides is 1.